The summed E-state index contributed by atoms with van der Waals surface area (Å²) in [6, 6.07) is 0. The number of carbonyl (C=O) groups excluding carboxylic acids is 2. The van der Waals surface area contributed by atoms with Crippen LogP contribution in [0.1, 0.15) is 42.6 Å². The molecule has 1 atom stereocenters. The summed E-state index contributed by atoms with van der Waals surface area (Å²) in [6.07, 6.45) is 3.28. The van der Waals surface area contributed by atoms with E-state index in [0.29, 0.717) is 25.9 Å². The fourth-order valence-electron chi connectivity index (χ4n) is 3.77. The summed E-state index contributed by atoms with van der Waals surface area (Å²) in [5.74, 6) is 0.173. The molecule has 2 aliphatic rings. The topological polar surface area (TPSA) is 76.5 Å². The Bertz CT molecular complexity index is 655. The molecule has 0 aliphatic carbocycles. The largest absolute Gasteiger partial charge is 0.441 e. The van der Waals surface area contributed by atoms with Crippen LogP contribution < -0.4 is 5.32 Å². The Hall–Kier alpha value is -2.05. The molecule has 2 aliphatic heterocycles. The maximum absolute atomic E-state index is 12.6. The molecule has 0 saturated carbocycles. The number of likely N-dealkylation sites (tertiary alicyclic amines) is 1. The maximum atomic E-state index is 12.6. The summed E-state index contributed by atoms with van der Waals surface area (Å²) in [4.78, 5) is 25.9. The number of aromatic nitrogens is 2. The van der Waals surface area contributed by atoms with Crippen LogP contribution in [0.15, 0.2) is 0 Å². The highest BCUT2D eigenvalue weighted by molar-refractivity contribution is 5.76. The van der Waals surface area contributed by atoms with Gasteiger partial charge < -0.3 is 15.0 Å². The molecule has 1 unspecified atom stereocenters. The highest BCUT2D eigenvalue weighted by atomic mass is 16.6. The van der Waals surface area contributed by atoms with Gasteiger partial charge in [0.1, 0.15) is 5.60 Å². The van der Waals surface area contributed by atoms with Crippen molar-refractivity contribution in [1.29, 1.82) is 0 Å². The molecule has 1 spiro atoms. The molecule has 2 saturated heterocycles. The highest BCUT2D eigenvalue weighted by Gasteiger charge is 2.41. The number of rotatable bonds is 3. The lowest BCUT2D eigenvalue weighted by atomic mass is 9.95. The van der Waals surface area contributed by atoms with Gasteiger partial charge in [0.05, 0.1) is 12.2 Å². The second-order valence-electron chi connectivity index (χ2n) is 6.93. The molecule has 2 amide bonds. The van der Waals surface area contributed by atoms with Gasteiger partial charge in [-0.15, -0.1) is 0 Å². The van der Waals surface area contributed by atoms with E-state index in [9.17, 15) is 9.59 Å². The Kier molecular flexibility index (Phi) is 4.51. The van der Waals surface area contributed by atoms with Crippen molar-refractivity contribution < 1.29 is 14.3 Å². The molecule has 0 radical (unpaired) electrons. The van der Waals surface area contributed by atoms with Crippen molar-refractivity contribution in [3.63, 3.8) is 0 Å². The van der Waals surface area contributed by atoms with Crippen LogP contribution in [0.5, 0.6) is 0 Å². The Morgan fingerprint density at radius 2 is 2.12 bits per heavy atom. The third-order valence-corrected chi connectivity index (χ3v) is 5.36. The van der Waals surface area contributed by atoms with E-state index < -0.39 is 5.60 Å². The van der Waals surface area contributed by atoms with E-state index in [0.717, 1.165) is 37.2 Å². The number of ether oxygens (including phenoxy) is 1. The summed E-state index contributed by atoms with van der Waals surface area (Å²) < 4.78 is 7.33. The summed E-state index contributed by atoms with van der Waals surface area (Å²) in [5.41, 5.74) is 2.88. The number of carbonyl (C=O) groups is 2. The van der Waals surface area contributed by atoms with Crippen LogP contribution in [0.25, 0.3) is 0 Å². The van der Waals surface area contributed by atoms with E-state index in [2.05, 4.69) is 10.4 Å². The van der Waals surface area contributed by atoms with Gasteiger partial charge in [-0.05, 0) is 38.7 Å². The van der Waals surface area contributed by atoms with Crippen LogP contribution in [-0.4, -0.2) is 51.9 Å². The molecule has 3 rings (SSSR count). The van der Waals surface area contributed by atoms with Crippen molar-refractivity contribution in [1.82, 2.24) is 20.0 Å². The number of hydrogen-bond acceptors (Lipinski definition) is 4. The number of aryl methyl sites for hydroxylation is 2. The Balaban J connectivity index is 1.57. The van der Waals surface area contributed by atoms with Crippen molar-refractivity contribution in [3.8, 4) is 0 Å². The molecule has 24 heavy (non-hydrogen) atoms. The van der Waals surface area contributed by atoms with Crippen LogP contribution in [0.2, 0.25) is 0 Å². The minimum Gasteiger partial charge on any atom is -0.441 e. The van der Waals surface area contributed by atoms with Gasteiger partial charge in [0.25, 0.3) is 0 Å². The Morgan fingerprint density at radius 1 is 1.33 bits per heavy atom. The predicted octanol–water partition coefficient (Wildman–Crippen LogP) is 1.46. The molecule has 1 aromatic rings. The van der Waals surface area contributed by atoms with Gasteiger partial charge >= 0.3 is 6.09 Å². The molecule has 0 bridgehead atoms. The standard InChI is InChI=1S/C17H26N4O3/c1-12-14(13(2)20(3)19-12)5-6-15(22)21-9-4-7-17(8-10-21)11-18-16(23)24-17/h4-11H2,1-3H3,(H,18,23). The number of hydrogen-bond donors (Lipinski definition) is 1. The van der Waals surface area contributed by atoms with Gasteiger partial charge in [0.2, 0.25) is 5.91 Å². The first-order valence-corrected chi connectivity index (χ1v) is 8.64. The van der Waals surface area contributed by atoms with Gasteiger partial charge in [-0.2, -0.15) is 5.10 Å². The van der Waals surface area contributed by atoms with Crippen LogP contribution >= 0.6 is 0 Å². The number of nitrogens with one attached hydrogen (secondary N) is 1. The lowest BCUT2D eigenvalue weighted by Crippen LogP contribution is -2.36. The smallest absolute Gasteiger partial charge is 0.407 e. The molecule has 132 valence electrons. The summed E-state index contributed by atoms with van der Waals surface area (Å²) in [5, 5.41) is 7.15. The van der Waals surface area contributed by atoms with Gasteiger partial charge in [0, 0.05) is 38.7 Å². The summed E-state index contributed by atoms with van der Waals surface area (Å²) in [7, 11) is 1.93. The zero-order valence-corrected chi connectivity index (χ0v) is 14.7. The van der Waals surface area contributed by atoms with Crippen molar-refractivity contribution in [2.75, 3.05) is 19.6 Å². The number of amides is 2. The zero-order chi connectivity index (χ0) is 17.3. The van der Waals surface area contributed by atoms with E-state index in [-0.39, 0.29) is 12.0 Å². The third kappa shape index (κ3) is 3.25. The fraction of sp³-hybridized carbons (Fsp3) is 0.706. The lowest BCUT2D eigenvalue weighted by molar-refractivity contribution is -0.131. The van der Waals surface area contributed by atoms with E-state index >= 15 is 0 Å². The highest BCUT2D eigenvalue weighted by Crippen LogP contribution is 2.29. The molecular weight excluding hydrogens is 308 g/mol. The van der Waals surface area contributed by atoms with Crippen molar-refractivity contribution in [3.05, 3.63) is 17.0 Å². The first-order chi connectivity index (χ1) is 11.4. The molecule has 7 nitrogen and oxygen atoms in total. The van der Waals surface area contributed by atoms with Crippen LogP contribution in [-0.2, 0) is 23.0 Å². The molecule has 1 N–H and O–H groups in total. The van der Waals surface area contributed by atoms with E-state index in [1.54, 1.807) is 0 Å². The van der Waals surface area contributed by atoms with Crippen LogP contribution in [0.4, 0.5) is 4.79 Å². The Labute approximate surface area is 142 Å². The molecule has 7 heteroatoms. The van der Waals surface area contributed by atoms with Crippen molar-refractivity contribution in [2.45, 2.75) is 51.6 Å². The van der Waals surface area contributed by atoms with E-state index in [1.807, 2.05) is 30.5 Å². The number of alkyl carbamates (subject to hydrolysis) is 1. The van der Waals surface area contributed by atoms with Crippen LogP contribution in [0.3, 0.4) is 0 Å². The Morgan fingerprint density at radius 3 is 2.75 bits per heavy atom. The summed E-state index contributed by atoms with van der Waals surface area (Å²) in [6.45, 7) is 5.98. The second kappa shape index (κ2) is 6.45. The van der Waals surface area contributed by atoms with Gasteiger partial charge in [-0.1, -0.05) is 0 Å². The number of nitrogens with zero attached hydrogens (tertiary/aromatic N) is 3. The molecule has 1 aromatic heterocycles. The average Bonchev–Trinajstić information content (AvgIpc) is 2.91. The summed E-state index contributed by atoms with van der Waals surface area (Å²) >= 11 is 0. The van der Waals surface area contributed by atoms with Crippen molar-refractivity contribution >= 4 is 12.0 Å². The van der Waals surface area contributed by atoms with Gasteiger partial charge in [0.15, 0.2) is 0 Å². The monoisotopic (exact) mass is 334 g/mol. The molecular formula is C17H26N4O3. The normalized spacial score (nSPS) is 24.0. The molecule has 0 aromatic carbocycles. The minimum absolute atomic E-state index is 0.173. The fourth-order valence-corrected chi connectivity index (χ4v) is 3.77. The lowest BCUT2D eigenvalue weighted by Gasteiger charge is -2.25. The maximum Gasteiger partial charge on any atom is 0.407 e. The zero-order valence-electron chi connectivity index (χ0n) is 14.7. The average molecular weight is 334 g/mol. The minimum atomic E-state index is -0.414. The predicted molar refractivity (Wildman–Crippen MR) is 88.6 cm³/mol. The first-order valence-electron chi connectivity index (χ1n) is 8.64. The van der Waals surface area contributed by atoms with E-state index in [4.69, 9.17) is 4.74 Å². The SMILES string of the molecule is Cc1nn(C)c(C)c1CCC(=O)N1CCCC2(CC1)CNC(=O)O2. The second-order valence-corrected chi connectivity index (χ2v) is 6.93. The van der Waals surface area contributed by atoms with E-state index in [1.165, 1.54) is 5.56 Å². The first kappa shape index (κ1) is 16.8. The van der Waals surface area contributed by atoms with Gasteiger partial charge in [-0.3, -0.25) is 9.48 Å². The third-order valence-electron chi connectivity index (χ3n) is 5.36. The molecule has 2 fully saturated rings. The van der Waals surface area contributed by atoms with Crippen molar-refractivity contribution in [2.24, 2.45) is 7.05 Å². The molecule has 3 heterocycles. The van der Waals surface area contributed by atoms with Gasteiger partial charge in [-0.25, -0.2) is 4.79 Å². The van der Waals surface area contributed by atoms with Crippen LogP contribution in [0, 0.1) is 13.8 Å². The quantitative estimate of drug-likeness (QED) is 0.908.